The highest BCUT2D eigenvalue weighted by atomic mass is 32.1. The highest BCUT2D eigenvalue weighted by molar-refractivity contribution is 7.80. The zero-order valence-electron chi connectivity index (χ0n) is 34.1. The predicted octanol–water partition coefficient (Wildman–Crippen LogP) is 15.3. The Bertz CT molecular complexity index is 880. The van der Waals surface area contributed by atoms with Crippen molar-refractivity contribution in [1.29, 1.82) is 0 Å². The molecule has 0 fully saturated rings. The van der Waals surface area contributed by atoms with Gasteiger partial charge in [-0.1, -0.05) is 187 Å². The van der Waals surface area contributed by atoms with Crippen LogP contribution in [0.5, 0.6) is 0 Å². The fraction of sp³-hybridized carbons (Fsp3) is 0.636. The molecular formula is C44H83NS. The minimum Gasteiger partial charge on any atom is -0.314 e. The number of benzene rings is 2. The molecule has 0 aliphatic carbocycles. The van der Waals surface area contributed by atoms with Gasteiger partial charge in [0.1, 0.15) is 0 Å². The maximum Gasteiger partial charge on any atom is 0.00669 e. The van der Waals surface area contributed by atoms with Crippen LogP contribution in [-0.2, 0) is 0 Å². The van der Waals surface area contributed by atoms with Crippen molar-refractivity contribution in [2.45, 2.75) is 180 Å². The van der Waals surface area contributed by atoms with Gasteiger partial charge in [0.15, 0.2) is 0 Å². The Morgan fingerprint density at radius 2 is 1.20 bits per heavy atom. The fourth-order valence-electron chi connectivity index (χ4n) is 3.56. The smallest absolute Gasteiger partial charge is 0.00669 e. The van der Waals surface area contributed by atoms with Gasteiger partial charge in [-0.15, -0.1) is 6.58 Å². The Labute approximate surface area is 298 Å². The van der Waals surface area contributed by atoms with Gasteiger partial charge in [-0.25, -0.2) is 0 Å². The van der Waals surface area contributed by atoms with Crippen LogP contribution in [0, 0.1) is 20.8 Å². The molecule has 0 spiro atoms. The van der Waals surface area contributed by atoms with E-state index in [1.54, 1.807) is 0 Å². The van der Waals surface area contributed by atoms with Crippen molar-refractivity contribution in [3.63, 3.8) is 0 Å². The molecule has 0 aromatic heterocycles. The van der Waals surface area contributed by atoms with Crippen molar-refractivity contribution in [3.05, 3.63) is 82.9 Å². The van der Waals surface area contributed by atoms with Crippen LogP contribution >= 0.6 is 12.6 Å². The van der Waals surface area contributed by atoms with Crippen molar-refractivity contribution >= 4 is 24.3 Å². The molecule has 0 unspecified atom stereocenters. The Hall–Kier alpha value is -1.77. The molecule has 0 radical (unpaired) electrons. The summed E-state index contributed by atoms with van der Waals surface area (Å²) in [5.74, 6) is 0. The molecule has 0 saturated heterocycles. The normalized spacial score (nSPS) is 9.67. The van der Waals surface area contributed by atoms with Crippen molar-refractivity contribution in [2.75, 3.05) is 6.54 Å². The van der Waals surface area contributed by atoms with Crippen molar-refractivity contribution in [1.82, 2.24) is 5.32 Å². The lowest BCUT2D eigenvalue weighted by Gasteiger charge is -2.16. The van der Waals surface area contributed by atoms with Crippen molar-refractivity contribution in [2.24, 2.45) is 0 Å². The molecule has 0 aliphatic rings. The summed E-state index contributed by atoms with van der Waals surface area (Å²) >= 11 is 3.97. The van der Waals surface area contributed by atoms with E-state index in [-0.39, 0.29) is 0 Å². The standard InChI is InChI=1S/C18H20.C11H23N.2C4H10.C3H8S.2C2H6/c1-13-6-5-7-17(10-13)16(4)12-18-11-14(2)8-9-15(18)3;1-4-7-10-12-11(8-5-2)9-6-3;2*1-3-4-2;1-3(2)4;2*1-2/h5-12H,1-4H3;4,11-12H,1,5-10H2,2-3H3;2*3-4H2,1-2H3;3-4H,1-2H3;2*1-2H3/b16-12+;;;;;;. The molecule has 0 aliphatic heterocycles. The summed E-state index contributed by atoms with van der Waals surface area (Å²) in [5.41, 5.74) is 7.87. The van der Waals surface area contributed by atoms with E-state index in [1.165, 1.54) is 84.8 Å². The number of aryl methyl sites for hydroxylation is 3. The van der Waals surface area contributed by atoms with Crippen molar-refractivity contribution < 1.29 is 0 Å². The Balaban J connectivity index is -0.000000172. The van der Waals surface area contributed by atoms with Gasteiger partial charge in [0.05, 0.1) is 0 Å². The molecule has 0 bridgehead atoms. The molecule has 2 aromatic rings. The Kier molecular flexibility index (Phi) is 50.5. The van der Waals surface area contributed by atoms with E-state index in [0.29, 0.717) is 5.25 Å². The van der Waals surface area contributed by atoms with E-state index >= 15 is 0 Å². The number of hydrogen-bond acceptors (Lipinski definition) is 2. The second kappa shape index (κ2) is 43.2. The minimum absolute atomic E-state index is 0.528. The zero-order chi connectivity index (χ0) is 36.8. The van der Waals surface area contributed by atoms with Gasteiger partial charge in [-0.2, -0.15) is 12.6 Å². The molecule has 2 rings (SSSR count). The first-order valence-corrected chi connectivity index (χ1v) is 19.3. The third-order valence-electron chi connectivity index (χ3n) is 6.34. The Morgan fingerprint density at radius 1 is 0.739 bits per heavy atom. The summed E-state index contributed by atoms with van der Waals surface area (Å²) in [5, 5.41) is 4.08. The SMILES string of the molecule is C/C(=C\c1cc(C)ccc1C)c1cccc(C)c1.C=CCCNC(CCC)CCC.CC.CC.CC(C)S.CCCC.CCCC. The average Bonchev–Trinajstić information content (AvgIpc) is 3.05. The molecular weight excluding hydrogens is 575 g/mol. The number of thiol groups is 1. The molecule has 270 valence electrons. The molecule has 0 heterocycles. The molecule has 0 amide bonds. The third-order valence-corrected chi connectivity index (χ3v) is 6.34. The quantitative estimate of drug-likeness (QED) is 0.100. The van der Waals surface area contributed by atoms with Gasteiger partial charge in [0, 0.05) is 6.04 Å². The monoisotopic (exact) mass is 658 g/mol. The van der Waals surface area contributed by atoms with Crippen LogP contribution < -0.4 is 5.32 Å². The summed E-state index contributed by atoms with van der Waals surface area (Å²) in [6, 6.07) is 16.0. The number of nitrogens with one attached hydrogen (secondary N) is 1. The van der Waals surface area contributed by atoms with E-state index in [4.69, 9.17) is 0 Å². The Morgan fingerprint density at radius 3 is 1.59 bits per heavy atom. The van der Waals surface area contributed by atoms with Crippen LogP contribution in [-0.4, -0.2) is 17.8 Å². The van der Waals surface area contributed by atoms with Crippen LogP contribution in [0.4, 0.5) is 0 Å². The van der Waals surface area contributed by atoms with E-state index in [0.717, 1.165) is 19.0 Å². The lowest BCUT2D eigenvalue weighted by atomic mass is 9.99. The summed E-state index contributed by atoms with van der Waals surface area (Å²) in [4.78, 5) is 0. The third kappa shape index (κ3) is 40.3. The van der Waals surface area contributed by atoms with Crippen LogP contribution in [0.1, 0.15) is 176 Å². The van der Waals surface area contributed by atoms with Gasteiger partial charge in [0.2, 0.25) is 0 Å². The molecule has 2 aromatic carbocycles. The lowest BCUT2D eigenvalue weighted by Crippen LogP contribution is -2.29. The van der Waals surface area contributed by atoms with Gasteiger partial charge in [0.25, 0.3) is 0 Å². The summed E-state index contributed by atoms with van der Waals surface area (Å²) < 4.78 is 0. The predicted molar refractivity (Wildman–Crippen MR) is 225 cm³/mol. The molecule has 1 nitrogen and oxygen atoms in total. The fourth-order valence-corrected chi connectivity index (χ4v) is 3.56. The van der Waals surface area contributed by atoms with Gasteiger partial charge in [-0.3, -0.25) is 0 Å². The zero-order valence-corrected chi connectivity index (χ0v) is 35.0. The second-order valence-corrected chi connectivity index (χ2v) is 12.5. The number of hydrogen-bond donors (Lipinski definition) is 2. The van der Waals surface area contributed by atoms with E-state index in [9.17, 15) is 0 Å². The van der Waals surface area contributed by atoms with E-state index in [1.807, 2.05) is 47.6 Å². The first kappa shape index (κ1) is 53.7. The molecule has 0 atom stereocenters. The van der Waals surface area contributed by atoms with Gasteiger partial charge in [-0.05, 0) is 81.0 Å². The van der Waals surface area contributed by atoms with E-state index < -0.39 is 0 Å². The second-order valence-electron chi connectivity index (χ2n) is 11.5. The van der Waals surface area contributed by atoms with Crippen molar-refractivity contribution in [3.8, 4) is 0 Å². The maximum absolute atomic E-state index is 3.97. The lowest BCUT2D eigenvalue weighted by molar-refractivity contribution is 0.448. The number of rotatable bonds is 12. The van der Waals surface area contributed by atoms with E-state index in [2.05, 4.69) is 142 Å². The van der Waals surface area contributed by atoms with Crippen LogP contribution in [0.2, 0.25) is 0 Å². The highest BCUT2D eigenvalue weighted by Gasteiger charge is 2.03. The average molecular weight is 658 g/mol. The summed E-state index contributed by atoms with van der Waals surface area (Å²) in [7, 11) is 0. The first-order chi connectivity index (χ1) is 22.0. The first-order valence-electron chi connectivity index (χ1n) is 18.8. The van der Waals surface area contributed by atoms with Gasteiger partial charge >= 0.3 is 0 Å². The molecule has 2 heteroatoms. The summed E-state index contributed by atoms with van der Waals surface area (Å²) in [6.07, 6.45) is 15.8. The number of allylic oxidation sites excluding steroid dienone is 1. The van der Waals surface area contributed by atoms with Crippen LogP contribution in [0.3, 0.4) is 0 Å². The molecule has 1 N–H and O–H groups in total. The highest BCUT2D eigenvalue weighted by Crippen LogP contribution is 2.21. The maximum atomic E-state index is 3.97. The molecule has 46 heavy (non-hydrogen) atoms. The van der Waals surface area contributed by atoms with Crippen LogP contribution in [0.15, 0.2) is 55.1 Å². The largest absolute Gasteiger partial charge is 0.314 e. The summed E-state index contributed by atoms with van der Waals surface area (Å²) in [6.45, 7) is 38.7. The topological polar surface area (TPSA) is 12.0 Å². The van der Waals surface area contributed by atoms with Crippen LogP contribution in [0.25, 0.3) is 11.6 Å². The minimum atomic E-state index is 0.528. The van der Waals surface area contributed by atoms with Gasteiger partial charge < -0.3 is 5.32 Å². The molecule has 0 saturated carbocycles. The number of unbranched alkanes of at least 4 members (excludes halogenated alkanes) is 2.